The minimum atomic E-state index is 0.676. The lowest BCUT2D eigenvalue weighted by Crippen LogP contribution is -2.37. The Kier molecular flexibility index (Phi) is 43.3. The van der Waals surface area contributed by atoms with E-state index in [-0.39, 0.29) is 0 Å². The molecular formula is C49H101N. The van der Waals surface area contributed by atoms with Gasteiger partial charge in [-0.3, -0.25) is 0 Å². The molecule has 0 aliphatic rings. The van der Waals surface area contributed by atoms with Crippen molar-refractivity contribution in [3.63, 3.8) is 0 Å². The number of nitrogens with zero attached hydrogens (tertiary/aromatic N) is 1. The molecule has 0 atom stereocenters. The molecule has 302 valence electrons. The second kappa shape index (κ2) is 43.4. The van der Waals surface area contributed by atoms with E-state index in [0.717, 1.165) is 6.04 Å². The van der Waals surface area contributed by atoms with E-state index in [1.54, 1.807) is 0 Å². The average Bonchev–Trinajstić information content (AvgIpc) is 3.12. The maximum atomic E-state index is 2.69. The standard InChI is InChI=1S/C49H101N/c1-6-8-10-12-14-16-18-20-22-24-26-28-30-32-34-36-38-40-42-44-46-49(50(5)48(3)4)47-45-43-41-39-37-35-33-31-29-27-25-23-21-19-17-15-13-11-9-7-2/h48-49H,6-47H2,1-5H3. The molecule has 0 rings (SSSR count). The van der Waals surface area contributed by atoms with Crippen LogP contribution < -0.4 is 0 Å². The van der Waals surface area contributed by atoms with Gasteiger partial charge in [0.25, 0.3) is 0 Å². The Morgan fingerprint density at radius 2 is 0.420 bits per heavy atom. The summed E-state index contributed by atoms with van der Waals surface area (Å²) in [7, 11) is 2.39. The van der Waals surface area contributed by atoms with Gasteiger partial charge < -0.3 is 4.90 Å². The van der Waals surface area contributed by atoms with Gasteiger partial charge >= 0.3 is 0 Å². The molecule has 0 radical (unpaired) electrons. The molecule has 0 unspecified atom stereocenters. The summed E-state index contributed by atoms with van der Waals surface area (Å²) in [6.07, 6.45) is 61.7. The largest absolute Gasteiger partial charge is 0.301 e. The summed E-state index contributed by atoms with van der Waals surface area (Å²) in [4.78, 5) is 2.69. The number of unbranched alkanes of at least 4 members (excludes halogenated alkanes) is 38. The third kappa shape index (κ3) is 39.2. The molecular weight excluding hydrogens is 603 g/mol. The predicted octanol–water partition coefficient (Wildman–Crippen LogP) is 18.1. The Hall–Kier alpha value is -0.0400. The first-order chi connectivity index (χ1) is 24.6. The highest BCUT2D eigenvalue weighted by molar-refractivity contribution is 4.72. The van der Waals surface area contributed by atoms with Gasteiger partial charge in [0.2, 0.25) is 0 Å². The maximum absolute atomic E-state index is 2.69. The van der Waals surface area contributed by atoms with Crippen LogP contribution in [0, 0.1) is 0 Å². The molecule has 0 heterocycles. The molecule has 0 bridgehead atoms. The van der Waals surface area contributed by atoms with Crippen LogP contribution in [0.2, 0.25) is 0 Å². The summed E-state index contributed by atoms with van der Waals surface area (Å²) in [6.45, 7) is 9.41. The molecule has 50 heavy (non-hydrogen) atoms. The van der Waals surface area contributed by atoms with Crippen LogP contribution in [-0.4, -0.2) is 24.0 Å². The van der Waals surface area contributed by atoms with Crippen LogP contribution in [0.3, 0.4) is 0 Å². The first-order valence-corrected chi connectivity index (χ1v) is 24.3. The van der Waals surface area contributed by atoms with Crippen LogP contribution in [0.1, 0.15) is 297 Å². The monoisotopic (exact) mass is 704 g/mol. The van der Waals surface area contributed by atoms with E-state index >= 15 is 0 Å². The zero-order valence-electron chi connectivity index (χ0n) is 36.3. The fourth-order valence-electron chi connectivity index (χ4n) is 8.24. The van der Waals surface area contributed by atoms with Crippen LogP contribution in [-0.2, 0) is 0 Å². The Labute approximate surface area is 320 Å². The Balaban J connectivity index is 3.52. The fourth-order valence-corrected chi connectivity index (χ4v) is 8.24. The van der Waals surface area contributed by atoms with E-state index in [9.17, 15) is 0 Å². The van der Waals surface area contributed by atoms with Crippen LogP contribution in [0.4, 0.5) is 0 Å². The van der Waals surface area contributed by atoms with E-state index in [4.69, 9.17) is 0 Å². The zero-order valence-corrected chi connectivity index (χ0v) is 36.3. The smallest absolute Gasteiger partial charge is 0.00949 e. The second-order valence-electron chi connectivity index (χ2n) is 17.4. The van der Waals surface area contributed by atoms with Crippen molar-refractivity contribution in [2.75, 3.05) is 7.05 Å². The molecule has 0 amide bonds. The van der Waals surface area contributed by atoms with E-state index in [0.29, 0.717) is 6.04 Å². The van der Waals surface area contributed by atoms with Crippen molar-refractivity contribution >= 4 is 0 Å². The SMILES string of the molecule is CCCCCCCCCCCCCCCCCCCCCCC(CCCCCCCCCCCCCCCCCCCCCC)N(C)C(C)C. The van der Waals surface area contributed by atoms with Gasteiger partial charge in [-0.25, -0.2) is 0 Å². The molecule has 1 heteroatoms. The van der Waals surface area contributed by atoms with Gasteiger partial charge in [-0.05, 0) is 33.7 Å². The lowest BCUT2D eigenvalue weighted by atomic mass is 9.98. The van der Waals surface area contributed by atoms with Gasteiger partial charge in [0.05, 0.1) is 0 Å². The summed E-state index contributed by atoms with van der Waals surface area (Å²) < 4.78 is 0. The highest BCUT2D eigenvalue weighted by Crippen LogP contribution is 2.21. The number of hydrogen-bond acceptors (Lipinski definition) is 1. The third-order valence-electron chi connectivity index (χ3n) is 12.2. The van der Waals surface area contributed by atoms with Crippen molar-refractivity contribution in [3.05, 3.63) is 0 Å². The van der Waals surface area contributed by atoms with E-state index in [1.807, 2.05) is 0 Å². The topological polar surface area (TPSA) is 3.24 Å². The maximum Gasteiger partial charge on any atom is 0.00949 e. The fraction of sp³-hybridized carbons (Fsp3) is 1.00. The van der Waals surface area contributed by atoms with Crippen molar-refractivity contribution < 1.29 is 0 Å². The van der Waals surface area contributed by atoms with Crippen molar-refractivity contribution in [3.8, 4) is 0 Å². The summed E-state index contributed by atoms with van der Waals surface area (Å²) in [6, 6.07) is 1.48. The molecule has 0 saturated carbocycles. The Morgan fingerprint density at radius 3 is 0.580 bits per heavy atom. The molecule has 0 fully saturated rings. The molecule has 0 aromatic heterocycles. The third-order valence-corrected chi connectivity index (χ3v) is 12.2. The number of rotatable bonds is 44. The quantitative estimate of drug-likeness (QED) is 0.0571. The van der Waals surface area contributed by atoms with Gasteiger partial charge in [-0.15, -0.1) is 0 Å². The Bertz CT molecular complexity index is 540. The second-order valence-corrected chi connectivity index (χ2v) is 17.4. The van der Waals surface area contributed by atoms with Gasteiger partial charge in [0.1, 0.15) is 0 Å². The zero-order chi connectivity index (χ0) is 36.4. The number of hydrogen-bond donors (Lipinski definition) is 0. The molecule has 1 nitrogen and oxygen atoms in total. The van der Waals surface area contributed by atoms with Crippen molar-refractivity contribution in [2.24, 2.45) is 0 Å². The lowest BCUT2D eigenvalue weighted by Gasteiger charge is -2.31. The summed E-state index contributed by atoms with van der Waals surface area (Å²) >= 11 is 0. The van der Waals surface area contributed by atoms with Crippen LogP contribution >= 0.6 is 0 Å². The molecule has 0 aromatic carbocycles. The van der Waals surface area contributed by atoms with E-state index in [2.05, 4.69) is 39.6 Å². The van der Waals surface area contributed by atoms with Gasteiger partial charge in [-0.1, -0.05) is 271 Å². The minimum Gasteiger partial charge on any atom is -0.301 e. The Morgan fingerprint density at radius 1 is 0.260 bits per heavy atom. The van der Waals surface area contributed by atoms with Crippen molar-refractivity contribution in [1.29, 1.82) is 0 Å². The lowest BCUT2D eigenvalue weighted by molar-refractivity contribution is 0.169. The molecule has 0 aromatic rings. The van der Waals surface area contributed by atoms with E-state index in [1.165, 1.54) is 270 Å². The summed E-state index contributed by atoms with van der Waals surface area (Å²) in [5.41, 5.74) is 0. The first-order valence-electron chi connectivity index (χ1n) is 24.3. The van der Waals surface area contributed by atoms with Gasteiger partial charge in [0, 0.05) is 12.1 Å². The highest BCUT2D eigenvalue weighted by Gasteiger charge is 2.16. The first kappa shape index (κ1) is 50.0. The van der Waals surface area contributed by atoms with E-state index < -0.39 is 0 Å². The summed E-state index contributed by atoms with van der Waals surface area (Å²) in [5, 5.41) is 0. The van der Waals surface area contributed by atoms with Crippen molar-refractivity contribution in [1.82, 2.24) is 4.90 Å². The normalized spacial score (nSPS) is 12.0. The van der Waals surface area contributed by atoms with Crippen LogP contribution in [0.15, 0.2) is 0 Å². The minimum absolute atomic E-state index is 0.676. The molecule has 0 spiro atoms. The van der Waals surface area contributed by atoms with Gasteiger partial charge in [0.15, 0.2) is 0 Å². The molecule has 0 N–H and O–H groups in total. The highest BCUT2D eigenvalue weighted by atomic mass is 15.1. The van der Waals surface area contributed by atoms with Crippen molar-refractivity contribution in [2.45, 2.75) is 309 Å². The van der Waals surface area contributed by atoms with Crippen LogP contribution in [0.5, 0.6) is 0 Å². The molecule has 0 aliphatic carbocycles. The van der Waals surface area contributed by atoms with Crippen LogP contribution in [0.25, 0.3) is 0 Å². The average molecular weight is 704 g/mol. The molecule has 0 saturated heterocycles. The predicted molar refractivity (Wildman–Crippen MR) is 232 cm³/mol. The summed E-state index contributed by atoms with van der Waals surface area (Å²) in [5.74, 6) is 0. The van der Waals surface area contributed by atoms with Gasteiger partial charge in [-0.2, -0.15) is 0 Å². The molecule has 0 aliphatic heterocycles.